The van der Waals surface area contributed by atoms with Crippen LogP contribution in [0.4, 0.5) is 4.39 Å². The van der Waals surface area contributed by atoms with Gasteiger partial charge in [0.05, 0.1) is 16.8 Å². The Morgan fingerprint density at radius 2 is 2.15 bits per heavy atom. The number of rotatable bonds is 5. The molecule has 0 aliphatic heterocycles. The second kappa shape index (κ2) is 7.16. The monoisotopic (exact) mass is 356 g/mol. The molecule has 0 saturated heterocycles. The van der Waals surface area contributed by atoms with E-state index < -0.39 is 0 Å². The van der Waals surface area contributed by atoms with Gasteiger partial charge in [0.2, 0.25) is 0 Å². The van der Waals surface area contributed by atoms with Crippen LogP contribution in [0, 0.1) is 5.82 Å². The molecule has 0 saturated carbocycles. The minimum atomic E-state index is -0.212. The van der Waals surface area contributed by atoms with Gasteiger partial charge in [-0.15, -0.1) is 0 Å². The van der Waals surface area contributed by atoms with Crippen LogP contribution < -0.4 is 5.32 Å². The Labute approximate surface area is 131 Å². The summed E-state index contributed by atoms with van der Waals surface area (Å²) in [6, 6.07) is 8.75. The van der Waals surface area contributed by atoms with Gasteiger partial charge in [0.25, 0.3) is 0 Å². The van der Waals surface area contributed by atoms with Gasteiger partial charge in [-0.2, -0.15) is 0 Å². The summed E-state index contributed by atoms with van der Waals surface area (Å²) in [6.07, 6.45) is 2.15. The van der Waals surface area contributed by atoms with Crippen molar-refractivity contribution in [2.24, 2.45) is 0 Å². The standard InChI is InChI=1S/C15H15BrClFN2/c1-2-19-15(14-6-5-12(17)9-20-14)7-10-3-4-11(16)8-13(10)18/h3-6,8-9,15,19H,2,7H2,1H3. The summed E-state index contributed by atoms with van der Waals surface area (Å²) < 4.78 is 14.7. The predicted octanol–water partition coefficient (Wildman–Crippen LogP) is 4.53. The molecule has 2 rings (SSSR count). The molecule has 20 heavy (non-hydrogen) atoms. The second-order valence-electron chi connectivity index (χ2n) is 4.45. The van der Waals surface area contributed by atoms with E-state index in [2.05, 4.69) is 26.2 Å². The summed E-state index contributed by atoms with van der Waals surface area (Å²) >= 11 is 9.11. The van der Waals surface area contributed by atoms with E-state index >= 15 is 0 Å². The fourth-order valence-electron chi connectivity index (χ4n) is 2.03. The van der Waals surface area contributed by atoms with Crippen LogP contribution in [0.15, 0.2) is 41.0 Å². The Bertz CT molecular complexity index is 575. The Balaban J connectivity index is 2.22. The first-order valence-corrected chi connectivity index (χ1v) is 7.56. The Morgan fingerprint density at radius 3 is 2.75 bits per heavy atom. The number of aromatic nitrogens is 1. The summed E-state index contributed by atoms with van der Waals surface area (Å²) in [4.78, 5) is 4.31. The number of nitrogens with zero attached hydrogens (tertiary/aromatic N) is 1. The number of benzene rings is 1. The lowest BCUT2D eigenvalue weighted by Crippen LogP contribution is -2.24. The molecule has 2 nitrogen and oxygen atoms in total. The van der Waals surface area contributed by atoms with Crippen LogP contribution in [0.25, 0.3) is 0 Å². The lowest BCUT2D eigenvalue weighted by Gasteiger charge is -2.18. The Hall–Kier alpha value is -0.970. The zero-order chi connectivity index (χ0) is 14.5. The van der Waals surface area contributed by atoms with Crippen LogP contribution in [0.5, 0.6) is 0 Å². The maximum atomic E-state index is 13.9. The minimum Gasteiger partial charge on any atom is -0.309 e. The second-order valence-corrected chi connectivity index (χ2v) is 5.80. The molecule has 1 aromatic carbocycles. The van der Waals surface area contributed by atoms with Gasteiger partial charge in [-0.1, -0.05) is 40.5 Å². The maximum Gasteiger partial charge on any atom is 0.127 e. The molecule has 1 atom stereocenters. The molecule has 1 unspecified atom stereocenters. The van der Waals surface area contributed by atoms with Crippen LogP contribution in [-0.2, 0) is 6.42 Å². The SMILES string of the molecule is CCNC(Cc1ccc(Br)cc1F)c1ccc(Cl)cn1. The predicted molar refractivity (Wildman–Crippen MR) is 83.5 cm³/mol. The van der Waals surface area contributed by atoms with E-state index in [1.54, 1.807) is 18.3 Å². The summed E-state index contributed by atoms with van der Waals surface area (Å²) in [5.74, 6) is -0.212. The van der Waals surface area contributed by atoms with Crippen molar-refractivity contribution in [2.75, 3.05) is 6.54 Å². The molecule has 0 amide bonds. The van der Waals surface area contributed by atoms with Gasteiger partial charge in [0.1, 0.15) is 5.82 Å². The van der Waals surface area contributed by atoms with Crippen molar-refractivity contribution in [3.05, 3.63) is 63.1 Å². The van der Waals surface area contributed by atoms with Crippen molar-refractivity contribution in [2.45, 2.75) is 19.4 Å². The lowest BCUT2D eigenvalue weighted by atomic mass is 10.0. The first-order valence-electron chi connectivity index (χ1n) is 6.39. The molecule has 1 aromatic heterocycles. The van der Waals surface area contributed by atoms with Gasteiger partial charge in [0, 0.05) is 10.7 Å². The number of halogens is 3. The third kappa shape index (κ3) is 4.01. The van der Waals surface area contributed by atoms with Crippen LogP contribution in [0.1, 0.15) is 24.2 Å². The smallest absolute Gasteiger partial charge is 0.127 e. The molecule has 0 fully saturated rings. The molecule has 0 spiro atoms. The largest absolute Gasteiger partial charge is 0.309 e. The molecular weight excluding hydrogens is 343 g/mol. The third-order valence-electron chi connectivity index (χ3n) is 3.00. The zero-order valence-corrected chi connectivity index (χ0v) is 13.4. The van der Waals surface area contributed by atoms with Gasteiger partial charge in [0.15, 0.2) is 0 Å². The van der Waals surface area contributed by atoms with E-state index in [0.717, 1.165) is 16.7 Å². The highest BCUT2D eigenvalue weighted by molar-refractivity contribution is 9.10. The molecule has 0 aliphatic carbocycles. The van der Waals surface area contributed by atoms with E-state index in [0.29, 0.717) is 17.0 Å². The van der Waals surface area contributed by atoms with E-state index in [-0.39, 0.29) is 11.9 Å². The van der Waals surface area contributed by atoms with Crippen molar-refractivity contribution in [1.29, 1.82) is 0 Å². The van der Waals surface area contributed by atoms with Crippen molar-refractivity contribution in [1.82, 2.24) is 10.3 Å². The Kier molecular flexibility index (Phi) is 5.52. The van der Waals surface area contributed by atoms with Crippen molar-refractivity contribution < 1.29 is 4.39 Å². The molecule has 5 heteroatoms. The Morgan fingerprint density at radius 1 is 1.35 bits per heavy atom. The maximum absolute atomic E-state index is 13.9. The summed E-state index contributed by atoms with van der Waals surface area (Å²) in [5.41, 5.74) is 1.52. The van der Waals surface area contributed by atoms with Gasteiger partial charge >= 0.3 is 0 Å². The fraction of sp³-hybridized carbons (Fsp3) is 0.267. The molecule has 1 N–H and O–H groups in total. The summed E-state index contributed by atoms with van der Waals surface area (Å²) in [7, 11) is 0. The first-order chi connectivity index (χ1) is 9.60. The van der Waals surface area contributed by atoms with E-state index in [1.165, 1.54) is 6.07 Å². The van der Waals surface area contributed by atoms with Crippen LogP contribution >= 0.6 is 27.5 Å². The van der Waals surface area contributed by atoms with E-state index in [4.69, 9.17) is 11.6 Å². The van der Waals surface area contributed by atoms with Crippen LogP contribution in [0.3, 0.4) is 0 Å². The van der Waals surface area contributed by atoms with Crippen molar-refractivity contribution >= 4 is 27.5 Å². The normalized spacial score (nSPS) is 12.4. The topological polar surface area (TPSA) is 24.9 Å². The number of hydrogen-bond acceptors (Lipinski definition) is 2. The summed E-state index contributed by atoms with van der Waals surface area (Å²) in [6.45, 7) is 2.80. The quantitative estimate of drug-likeness (QED) is 0.850. The lowest BCUT2D eigenvalue weighted by molar-refractivity contribution is 0.518. The van der Waals surface area contributed by atoms with Crippen molar-refractivity contribution in [3.8, 4) is 0 Å². The average molecular weight is 358 g/mol. The van der Waals surface area contributed by atoms with Crippen LogP contribution in [0.2, 0.25) is 5.02 Å². The van der Waals surface area contributed by atoms with Gasteiger partial charge in [-0.05, 0) is 42.8 Å². The molecule has 0 radical (unpaired) electrons. The minimum absolute atomic E-state index is 0.0343. The fourth-order valence-corrected chi connectivity index (χ4v) is 2.47. The molecular formula is C15H15BrClFN2. The van der Waals surface area contributed by atoms with Gasteiger partial charge in [-0.3, -0.25) is 4.98 Å². The third-order valence-corrected chi connectivity index (χ3v) is 3.71. The van der Waals surface area contributed by atoms with Gasteiger partial charge < -0.3 is 5.32 Å². The molecule has 106 valence electrons. The van der Waals surface area contributed by atoms with Crippen LogP contribution in [-0.4, -0.2) is 11.5 Å². The highest BCUT2D eigenvalue weighted by Gasteiger charge is 2.15. The number of pyridine rings is 1. The summed E-state index contributed by atoms with van der Waals surface area (Å²) in [5, 5.41) is 3.92. The van der Waals surface area contributed by atoms with Gasteiger partial charge in [-0.25, -0.2) is 4.39 Å². The number of likely N-dealkylation sites (N-methyl/N-ethyl adjacent to an activating group) is 1. The highest BCUT2D eigenvalue weighted by Crippen LogP contribution is 2.22. The van der Waals surface area contributed by atoms with Crippen molar-refractivity contribution in [3.63, 3.8) is 0 Å². The average Bonchev–Trinajstić information content (AvgIpc) is 2.42. The highest BCUT2D eigenvalue weighted by atomic mass is 79.9. The van der Waals surface area contributed by atoms with E-state index in [1.807, 2.05) is 19.1 Å². The molecule has 1 heterocycles. The van der Waals surface area contributed by atoms with E-state index in [9.17, 15) is 4.39 Å². The first kappa shape index (κ1) is 15.4. The molecule has 0 bridgehead atoms. The number of nitrogens with one attached hydrogen (secondary N) is 1. The number of hydrogen-bond donors (Lipinski definition) is 1. The zero-order valence-electron chi connectivity index (χ0n) is 11.0. The molecule has 0 aliphatic rings. The molecule has 2 aromatic rings.